The highest BCUT2D eigenvalue weighted by Gasteiger charge is 2.63. The van der Waals surface area contributed by atoms with Crippen LogP contribution in [0.4, 0.5) is 0 Å². The number of phenolic OH excluding ortho intramolecular Hbond substituents is 2. The first-order valence-corrected chi connectivity index (χ1v) is 11.7. The molecule has 7 N–H and O–H groups in total. The molecule has 13 heteroatoms. The molecule has 1 aromatic rings. The summed E-state index contributed by atoms with van der Waals surface area (Å²) >= 11 is 0. The number of hydrogen-bond acceptors (Lipinski definition) is 13. The molecular formula is C24H30O13. The van der Waals surface area contributed by atoms with Crippen LogP contribution in [0.2, 0.25) is 0 Å². The Kier molecular flexibility index (Phi) is 7.76. The van der Waals surface area contributed by atoms with Gasteiger partial charge in [-0.3, -0.25) is 4.79 Å². The Hall–Kier alpha value is -2.78. The van der Waals surface area contributed by atoms with Crippen molar-refractivity contribution in [2.75, 3.05) is 13.2 Å². The lowest BCUT2D eigenvalue weighted by atomic mass is 9.78. The number of ketones is 1. The maximum Gasteiger partial charge on any atom is 0.340 e. The molecule has 0 spiro atoms. The van der Waals surface area contributed by atoms with Crippen molar-refractivity contribution in [3.63, 3.8) is 0 Å². The summed E-state index contributed by atoms with van der Waals surface area (Å²) < 4.78 is 21.7. The summed E-state index contributed by atoms with van der Waals surface area (Å²) in [6.07, 6.45) is -8.39. The van der Waals surface area contributed by atoms with Gasteiger partial charge in [0.25, 0.3) is 0 Å². The Bertz CT molecular complexity index is 1060. The Morgan fingerprint density at radius 1 is 1.11 bits per heavy atom. The van der Waals surface area contributed by atoms with Crippen molar-refractivity contribution < 1.29 is 64.3 Å². The monoisotopic (exact) mass is 526 g/mol. The van der Waals surface area contributed by atoms with Crippen molar-refractivity contribution in [2.45, 2.75) is 62.4 Å². The van der Waals surface area contributed by atoms with E-state index < -0.39 is 78.4 Å². The van der Waals surface area contributed by atoms with E-state index in [-0.39, 0.29) is 30.9 Å². The van der Waals surface area contributed by atoms with Gasteiger partial charge in [0.15, 0.2) is 29.2 Å². The number of phenols is 2. The van der Waals surface area contributed by atoms with Gasteiger partial charge in [-0.05, 0) is 23.6 Å². The zero-order chi connectivity index (χ0) is 27.1. The van der Waals surface area contributed by atoms with E-state index in [1.165, 1.54) is 18.2 Å². The van der Waals surface area contributed by atoms with E-state index in [9.17, 15) is 45.3 Å². The molecule has 4 rings (SSSR count). The van der Waals surface area contributed by atoms with Crippen LogP contribution in [0, 0.1) is 11.8 Å². The average molecular weight is 526 g/mol. The SMILES string of the molecule is C[C@@H]1CC(=O)[C@@]2(O)C(C(=O)OCCc3ccc(O)c(O)c3)=CO[C@@H](O[C@H]3O[C@H](CO)[C@@H](O)[C@H](O)[C@H]3O)[C@H]12. The molecule has 0 amide bonds. The van der Waals surface area contributed by atoms with E-state index in [0.717, 1.165) is 6.26 Å². The van der Waals surface area contributed by atoms with Crippen molar-refractivity contribution in [1.29, 1.82) is 0 Å². The Morgan fingerprint density at radius 2 is 1.84 bits per heavy atom. The van der Waals surface area contributed by atoms with Gasteiger partial charge >= 0.3 is 5.97 Å². The summed E-state index contributed by atoms with van der Waals surface area (Å²) in [5.74, 6) is -3.96. The topological polar surface area (TPSA) is 213 Å². The average Bonchev–Trinajstić information content (AvgIpc) is 3.10. The Balaban J connectivity index is 1.49. The van der Waals surface area contributed by atoms with E-state index >= 15 is 0 Å². The second-order valence-corrected chi connectivity index (χ2v) is 9.48. The molecule has 1 aliphatic carbocycles. The van der Waals surface area contributed by atoms with Gasteiger partial charge in [-0.2, -0.15) is 0 Å². The van der Waals surface area contributed by atoms with Crippen molar-refractivity contribution in [3.05, 3.63) is 35.6 Å². The molecule has 0 radical (unpaired) electrons. The van der Waals surface area contributed by atoms with Crippen LogP contribution >= 0.6 is 0 Å². The molecule has 2 fully saturated rings. The van der Waals surface area contributed by atoms with Crippen molar-refractivity contribution in [3.8, 4) is 11.5 Å². The maximum atomic E-state index is 12.9. The fourth-order valence-corrected chi connectivity index (χ4v) is 4.97. The van der Waals surface area contributed by atoms with Gasteiger partial charge in [0, 0.05) is 12.8 Å². The number of carbonyl (C=O) groups is 2. The molecule has 1 saturated heterocycles. The highest BCUT2D eigenvalue weighted by Crippen LogP contribution is 2.48. The van der Waals surface area contributed by atoms with E-state index in [1.807, 2.05) is 0 Å². The largest absolute Gasteiger partial charge is 0.504 e. The normalized spacial score (nSPS) is 37.5. The third kappa shape index (κ3) is 4.91. The van der Waals surface area contributed by atoms with Crippen LogP contribution in [0.15, 0.2) is 30.0 Å². The number of fused-ring (bicyclic) bond motifs is 1. The zero-order valence-corrected chi connectivity index (χ0v) is 19.8. The molecule has 9 atom stereocenters. The Labute approximate surface area is 211 Å². The van der Waals surface area contributed by atoms with Gasteiger partial charge in [-0.15, -0.1) is 0 Å². The summed E-state index contributed by atoms with van der Waals surface area (Å²) in [5, 5.41) is 70.1. The predicted octanol–water partition coefficient (Wildman–Crippen LogP) is -1.80. The van der Waals surface area contributed by atoms with E-state index in [1.54, 1.807) is 6.92 Å². The lowest BCUT2D eigenvalue weighted by Gasteiger charge is -2.44. The highest BCUT2D eigenvalue weighted by atomic mass is 16.8. The van der Waals surface area contributed by atoms with Crippen LogP contribution in [0.3, 0.4) is 0 Å². The first-order chi connectivity index (χ1) is 17.5. The van der Waals surface area contributed by atoms with Gasteiger partial charge in [-0.1, -0.05) is 13.0 Å². The number of carbonyl (C=O) groups excluding carboxylic acids is 2. The molecule has 0 unspecified atom stereocenters. The van der Waals surface area contributed by atoms with Crippen molar-refractivity contribution in [1.82, 2.24) is 0 Å². The van der Waals surface area contributed by atoms with Crippen molar-refractivity contribution >= 4 is 11.8 Å². The molecule has 2 heterocycles. The van der Waals surface area contributed by atoms with Crippen LogP contribution in [-0.4, -0.2) is 103 Å². The number of ether oxygens (including phenoxy) is 4. The number of benzene rings is 1. The standard InChI is InChI=1S/C24H30O13/c1-10-6-16(28)24(33)12(21(32)34-5-4-11-2-3-13(26)14(27)7-11)9-35-22(17(10)24)37-23-20(31)19(30)18(29)15(8-25)36-23/h2-3,7,9-10,15,17-20,22-23,25-27,29-31,33H,4-6,8H2,1H3/t10-,15-,17+,18-,19+,20-,22+,23-,24+/m1/s1. The molecule has 204 valence electrons. The van der Waals surface area contributed by atoms with Crippen molar-refractivity contribution in [2.24, 2.45) is 11.8 Å². The fraction of sp³-hybridized carbons (Fsp3) is 0.583. The fourth-order valence-electron chi connectivity index (χ4n) is 4.97. The lowest BCUT2D eigenvalue weighted by molar-refractivity contribution is -0.346. The minimum Gasteiger partial charge on any atom is -0.504 e. The third-order valence-electron chi connectivity index (χ3n) is 7.05. The number of hydrogen-bond donors (Lipinski definition) is 7. The number of aliphatic hydroxyl groups is 5. The summed E-state index contributed by atoms with van der Waals surface area (Å²) in [5.41, 5.74) is -2.20. The molecule has 2 aliphatic heterocycles. The molecule has 1 saturated carbocycles. The van der Waals surface area contributed by atoms with Crippen LogP contribution in [-0.2, 0) is 35.0 Å². The number of esters is 1. The molecule has 3 aliphatic rings. The Morgan fingerprint density at radius 3 is 2.51 bits per heavy atom. The van der Waals surface area contributed by atoms with Crippen LogP contribution in [0.5, 0.6) is 11.5 Å². The first-order valence-electron chi connectivity index (χ1n) is 11.7. The highest BCUT2D eigenvalue weighted by molar-refractivity contribution is 6.04. The number of aliphatic hydroxyl groups excluding tert-OH is 4. The third-order valence-corrected chi connectivity index (χ3v) is 7.05. The minimum absolute atomic E-state index is 0.115. The smallest absolute Gasteiger partial charge is 0.340 e. The zero-order valence-electron chi connectivity index (χ0n) is 19.8. The number of rotatable bonds is 7. The van der Waals surface area contributed by atoms with Gasteiger partial charge in [0.2, 0.25) is 6.29 Å². The maximum absolute atomic E-state index is 12.9. The molecule has 0 bridgehead atoms. The van der Waals surface area contributed by atoms with Gasteiger partial charge in [0.1, 0.15) is 36.3 Å². The van der Waals surface area contributed by atoms with Gasteiger partial charge < -0.3 is 54.7 Å². The quantitative estimate of drug-likeness (QED) is 0.154. The van der Waals surface area contributed by atoms with Gasteiger partial charge in [0.05, 0.1) is 19.1 Å². The number of aromatic hydroxyl groups is 2. The molecule has 13 nitrogen and oxygen atoms in total. The first kappa shape index (κ1) is 27.3. The lowest BCUT2D eigenvalue weighted by Crippen LogP contribution is -2.61. The molecule has 0 aromatic heterocycles. The molecule has 37 heavy (non-hydrogen) atoms. The summed E-state index contributed by atoms with van der Waals surface area (Å²) in [6, 6.07) is 4.11. The number of Topliss-reactive ketones (excluding diaryl/α,β-unsaturated/α-hetero) is 1. The van der Waals surface area contributed by atoms with Gasteiger partial charge in [-0.25, -0.2) is 4.79 Å². The predicted molar refractivity (Wildman–Crippen MR) is 119 cm³/mol. The second kappa shape index (κ2) is 10.5. The second-order valence-electron chi connectivity index (χ2n) is 9.48. The van der Waals surface area contributed by atoms with Crippen LogP contribution in [0.25, 0.3) is 0 Å². The van der Waals surface area contributed by atoms with Crippen LogP contribution < -0.4 is 0 Å². The van der Waals surface area contributed by atoms with E-state index in [2.05, 4.69) is 0 Å². The minimum atomic E-state index is -2.33. The summed E-state index contributed by atoms with van der Waals surface area (Å²) in [7, 11) is 0. The molecular weight excluding hydrogens is 496 g/mol. The van der Waals surface area contributed by atoms with Crippen LogP contribution in [0.1, 0.15) is 18.9 Å². The summed E-state index contributed by atoms with van der Waals surface area (Å²) in [6.45, 7) is 0.785. The summed E-state index contributed by atoms with van der Waals surface area (Å²) in [4.78, 5) is 25.7. The van der Waals surface area contributed by atoms with E-state index in [4.69, 9.17) is 18.9 Å². The van der Waals surface area contributed by atoms with E-state index in [0.29, 0.717) is 5.56 Å². The molecule has 1 aromatic carbocycles.